The first-order valence-corrected chi connectivity index (χ1v) is 12.0. The summed E-state index contributed by atoms with van der Waals surface area (Å²) < 4.78 is 12.6. The largest absolute Gasteiger partial charge is 0.491 e. The summed E-state index contributed by atoms with van der Waals surface area (Å²) in [6, 6.07) is 6.43. The van der Waals surface area contributed by atoms with Crippen molar-refractivity contribution in [1.29, 1.82) is 0 Å². The Kier molecular flexibility index (Phi) is 8.68. The molecule has 3 nitrogen and oxygen atoms in total. The van der Waals surface area contributed by atoms with E-state index in [1.165, 1.54) is 74.6 Å². The Balaban J connectivity index is 1.40. The number of ether oxygens (including phenoxy) is 2. The maximum atomic E-state index is 5.88. The highest BCUT2D eigenvalue weighted by Gasteiger charge is 2.24. The average molecular weight is 452 g/mol. The van der Waals surface area contributed by atoms with Gasteiger partial charge < -0.3 is 14.4 Å². The van der Waals surface area contributed by atoms with Crippen LogP contribution in [0.15, 0.2) is 22.7 Å². The number of methoxy groups -OCH3 is 1. The van der Waals surface area contributed by atoms with Crippen LogP contribution in [0.1, 0.15) is 64.4 Å². The molecule has 2 aliphatic rings. The third kappa shape index (κ3) is 6.74. The van der Waals surface area contributed by atoms with Gasteiger partial charge in [0, 0.05) is 11.6 Å². The second-order valence-electron chi connectivity index (χ2n) is 9.08. The molecule has 0 bridgehead atoms. The molecule has 0 radical (unpaired) electrons. The number of piperidine rings is 1. The molecule has 3 rings (SSSR count). The smallest absolute Gasteiger partial charge is 0.120 e. The maximum Gasteiger partial charge on any atom is 0.120 e. The molecule has 4 heteroatoms. The zero-order valence-electron chi connectivity index (χ0n) is 18.0. The third-order valence-corrected chi connectivity index (χ3v) is 7.36. The fourth-order valence-electron chi connectivity index (χ4n) is 4.80. The summed E-state index contributed by atoms with van der Waals surface area (Å²) in [5, 5.41) is 0. The van der Waals surface area contributed by atoms with Crippen LogP contribution in [0.5, 0.6) is 5.75 Å². The van der Waals surface area contributed by atoms with Crippen LogP contribution in [0.3, 0.4) is 0 Å². The molecule has 1 aromatic carbocycles. The summed E-state index contributed by atoms with van der Waals surface area (Å²) in [7, 11) is 1.86. The minimum absolute atomic E-state index is 0.224. The van der Waals surface area contributed by atoms with Gasteiger partial charge in [-0.2, -0.15) is 0 Å². The molecule has 0 atom stereocenters. The number of benzene rings is 1. The topological polar surface area (TPSA) is 21.7 Å². The zero-order valence-corrected chi connectivity index (χ0v) is 19.5. The number of hydrogen-bond donors (Lipinski definition) is 0. The predicted octanol–water partition coefficient (Wildman–Crippen LogP) is 6.09. The first-order chi connectivity index (χ1) is 13.5. The highest BCUT2D eigenvalue weighted by Crippen LogP contribution is 2.31. The van der Waals surface area contributed by atoms with Crippen molar-refractivity contribution in [2.75, 3.05) is 26.7 Å². The van der Waals surface area contributed by atoms with Gasteiger partial charge in [-0.25, -0.2) is 0 Å². The van der Waals surface area contributed by atoms with Crippen LogP contribution in [0.4, 0.5) is 0 Å². The monoisotopic (exact) mass is 451 g/mol. The molecule has 1 heterocycles. The lowest BCUT2D eigenvalue weighted by Crippen LogP contribution is -2.36. The van der Waals surface area contributed by atoms with Gasteiger partial charge in [-0.15, -0.1) is 0 Å². The van der Waals surface area contributed by atoms with E-state index in [0.29, 0.717) is 6.10 Å². The summed E-state index contributed by atoms with van der Waals surface area (Å²) >= 11 is 3.74. The molecule has 1 aromatic rings. The molecule has 1 aliphatic heterocycles. The normalized spacial score (nSPS) is 24.6. The first-order valence-electron chi connectivity index (χ1n) is 11.2. The van der Waals surface area contributed by atoms with Gasteiger partial charge in [0.15, 0.2) is 0 Å². The molecular formula is C24H38BrNO2. The van der Waals surface area contributed by atoms with Gasteiger partial charge in [-0.05, 0) is 120 Å². The maximum absolute atomic E-state index is 5.88. The Hall–Kier alpha value is -0.580. The van der Waals surface area contributed by atoms with E-state index in [-0.39, 0.29) is 6.10 Å². The molecule has 28 heavy (non-hydrogen) atoms. The summed E-state index contributed by atoms with van der Waals surface area (Å²) in [6.45, 7) is 7.98. The van der Waals surface area contributed by atoms with Gasteiger partial charge in [-0.3, -0.25) is 0 Å². The molecule has 1 aliphatic carbocycles. The molecule has 0 N–H and O–H groups in total. The molecule has 0 amide bonds. The second-order valence-corrected chi connectivity index (χ2v) is 9.93. The number of rotatable bonds is 8. The molecule has 0 spiro atoms. The Bertz CT molecular complexity index is 590. The van der Waals surface area contributed by atoms with Crippen LogP contribution in [0, 0.1) is 11.8 Å². The predicted molar refractivity (Wildman–Crippen MR) is 120 cm³/mol. The van der Waals surface area contributed by atoms with Crippen molar-refractivity contribution in [2.45, 2.75) is 77.4 Å². The Labute approximate surface area is 180 Å². The highest BCUT2D eigenvalue weighted by molar-refractivity contribution is 9.10. The lowest BCUT2D eigenvalue weighted by molar-refractivity contribution is 0.0527. The fourth-order valence-corrected chi connectivity index (χ4v) is 5.21. The van der Waals surface area contributed by atoms with Crippen molar-refractivity contribution in [3.8, 4) is 5.75 Å². The minimum atomic E-state index is 0.224. The van der Waals surface area contributed by atoms with Crippen LogP contribution in [-0.4, -0.2) is 43.9 Å². The highest BCUT2D eigenvalue weighted by atomic mass is 79.9. The number of likely N-dealkylation sites (tertiary alicyclic amines) is 1. The number of hydrogen-bond acceptors (Lipinski definition) is 3. The lowest BCUT2D eigenvalue weighted by Gasteiger charge is -2.34. The van der Waals surface area contributed by atoms with Crippen molar-refractivity contribution in [3.63, 3.8) is 0 Å². The van der Waals surface area contributed by atoms with Crippen LogP contribution in [0.25, 0.3) is 0 Å². The molecule has 2 fully saturated rings. The van der Waals surface area contributed by atoms with E-state index in [1.54, 1.807) is 0 Å². The Morgan fingerprint density at radius 3 is 2.39 bits per heavy atom. The molecule has 158 valence electrons. The second kappa shape index (κ2) is 11.0. The van der Waals surface area contributed by atoms with Gasteiger partial charge in [0.1, 0.15) is 5.75 Å². The quantitative estimate of drug-likeness (QED) is 0.477. The first kappa shape index (κ1) is 22.1. The van der Waals surface area contributed by atoms with Crippen molar-refractivity contribution < 1.29 is 9.47 Å². The lowest BCUT2D eigenvalue weighted by atomic mass is 9.85. The van der Waals surface area contributed by atoms with Gasteiger partial charge in [0.2, 0.25) is 0 Å². The van der Waals surface area contributed by atoms with Gasteiger partial charge in [0.25, 0.3) is 0 Å². The number of halogens is 1. The zero-order chi connectivity index (χ0) is 19.9. The van der Waals surface area contributed by atoms with Crippen LogP contribution < -0.4 is 4.74 Å². The molecule has 0 aromatic heterocycles. The van der Waals surface area contributed by atoms with Gasteiger partial charge in [0.05, 0.1) is 12.2 Å². The van der Waals surface area contributed by atoms with Crippen molar-refractivity contribution >= 4 is 15.9 Å². The fraction of sp³-hybridized carbons (Fsp3) is 0.750. The van der Waals surface area contributed by atoms with E-state index in [9.17, 15) is 0 Å². The third-order valence-electron chi connectivity index (χ3n) is 6.59. The van der Waals surface area contributed by atoms with E-state index in [0.717, 1.165) is 24.0 Å². The standard InChI is InChI=1S/C24H38BrNO2/c1-18(2)28-23-8-9-24(25)21(17-23)16-20-11-14-26(15-12-20)13-10-19-4-6-22(27-3)7-5-19/h8-9,17-20,22H,4-7,10-16H2,1-3H3. The van der Waals surface area contributed by atoms with E-state index < -0.39 is 0 Å². The van der Waals surface area contributed by atoms with E-state index in [4.69, 9.17) is 9.47 Å². The van der Waals surface area contributed by atoms with E-state index in [2.05, 4.69) is 52.9 Å². The molecule has 0 unspecified atom stereocenters. The van der Waals surface area contributed by atoms with Crippen LogP contribution >= 0.6 is 15.9 Å². The van der Waals surface area contributed by atoms with Crippen LogP contribution in [0.2, 0.25) is 0 Å². The Morgan fingerprint density at radius 2 is 1.75 bits per heavy atom. The van der Waals surface area contributed by atoms with Crippen molar-refractivity contribution in [2.24, 2.45) is 11.8 Å². The summed E-state index contributed by atoms with van der Waals surface area (Å²) in [6.07, 6.45) is 11.2. The number of nitrogens with zero attached hydrogens (tertiary/aromatic N) is 1. The van der Waals surface area contributed by atoms with Crippen LogP contribution in [-0.2, 0) is 11.2 Å². The summed E-state index contributed by atoms with van der Waals surface area (Å²) in [4.78, 5) is 2.70. The van der Waals surface area contributed by atoms with Gasteiger partial charge >= 0.3 is 0 Å². The Morgan fingerprint density at radius 1 is 1.04 bits per heavy atom. The minimum Gasteiger partial charge on any atom is -0.491 e. The summed E-state index contributed by atoms with van der Waals surface area (Å²) in [5.41, 5.74) is 1.39. The SMILES string of the molecule is COC1CCC(CCN2CCC(Cc3cc(OC(C)C)ccc3Br)CC2)CC1. The summed E-state index contributed by atoms with van der Waals surface area (Å²) in [5.74, 6) is 2.71. The molecule has 1 saturated carbocycles. The van der Waals surface area contributed by atoms with Crippen molar-refractivity contribution in [1.82, 2.24) is 4.90 Å². The van der Waals surface area contributed by atoms with E-state index in [1.807, 2.05) is 7.11 Å². The molecular weight excluding hydrogens is 414 g/mol. The van der Waals surface area contributed by atoms with Gasteiger partial charge in [-0.1, -0.05) is 15.9 Å². The average Bonchev–Trinajstić information content (AvgIpc) is 2.70. The van der Waals surface area contributed by atoms with Crippen molar-refractivity contribution in [3.05, 3.63) is 28.2 Å². The molecule has 1 saturated heterocycles. The van der Waals surface area contributed by atoms with E-state index >= 15 is 0 Å².